The van der Waals surface area contributed by atoms with Gasteiger partial charge in [-0.05, 0) is 65.2 Å². The molecule has 1 heterocycles. The van der Waals surface area contributed by atoms with Crippen molar-refractivity contribution in [3.8, 4) is 23.0 Å². The first-order valence-electron chi connectivity index (χ1n) is 15.8. The molecule has 15 heteroatoms. The van der Waals surface area contributed by atoms with Crippen LogP contribution in [0, 0.1) is 0 Å². The SMILES string of the molecule is COc1cc(CNNC(=O)[C@@]2(Cc3ccccc3N=[N+]=[N-])N=C(c3ccc(OCCCO)cc3)O[C@H]2c2ccc(Cl)cc2Cl)cc(OC)c1OC. The van der Waals surface area contributed by atoms with Crippen molar-refractivity contribution in [3.63, 3.8) is 0 Å². The van der Waals surface area contributed by atoms with E-state index in [0.717, 1.165) is 5.56 Å². The molecular weight excluding hydrogens is 699 g/mol. The monoisotopic (exact) mass is 734 g/mol. The highest BCUT2D eigenvalue weighted by atomic mass is 35.5. The summed E-state index contributed by atoms with van der Waals surface area (Å²) in [4.78, 5) is 22.7. The summed E-state index contributed by atoms with van der Waals surface area (Å²) in [7, 11) is 4.55. The number of hydrogen-bond donors (Lipinski definition) is 3. The average molecular weight is 736 g/mol. The van der Waals surface area contributed by atoms with E-state index in [9.17, 15) is 10.3 Å². The predicted molar refractivity (Wildman–Crippen MR) is 193 cm³/mol. The average Bonchev–Trinajstić information content (AvgIpc) is 3.52. The van der Waals surface area contributed by atoms with E-state index in [1.165, 1.54) is 21.3 Å². The van der Waals surface area contributed by atoms with Crippen LogP contribution in [0.3, 0.4) is 0 Å². The van der Waals surface area contributed by atoms with Crippen molar-refractivity contribution in [2.75, 3.05) is 34.5 Å². The second-order valence-electron chi connectivity index (χ2n) is 11.3. The van der Waals surface area contributed by atoms with Crippen LogP contribution in [0.5, 0.6) is 23.0 Å². The molecule has 266 valence electrons. The smallest absolute Gasteiger partial charge is 0.266 e. The van der Waals surface area contributed by atoms with Gasteiger partial charge in [-0.3, -0.25) is 10.2 Å². The van der Waals surface area contributed by atoms with Crippen LogP contribution < -0.4 is 29.8 Å². The van der Waals surface area contributed by atoms with Crippen molar-refractivity contribution in [2.24, 2.45) is 10.1 Å². The third-order valence-electron chi connectivity index (χ3n) is 8.10. The Hall–Kier alpha value is -5.17. The second kappa shape index (κ2) is 17.2. The Bertz CT molecular complexity index is 1910. The molecule has 4 aromatic rings. The maximum Gasteiger partial charge on any atom is 0.266 e. The molecule has 4 aromatic carbocycles. The van der Waals surface area contributed by atoms with Crippen molar-refractivity contribution in [1.82, 2.24) is 10.9 Å². The van der Waals surface area contributed by atoms with E-state index in [1.54, 1.807) is 78.9 Å². The summed E-state index contributed by atoms with van der Waals surface area (Å²) < 4.78 is 28.6. The minimum absolute atomic E-state index is 0.0155. The number of ether oxygens (including phenoxy) is 5. The van der Waals surface area contributed by atoms with Gasteiger partial charge in [-0.15, -0.1) is 0 Å². The first kappa shape index (κ1) is 37.1. The highest BCUT2D eigenvalue weighted by molar-refractivity contribution is 6.35. The number of azide groups is 1. The topological polar surface area (TPSA) is 169 Å². The Balaban J connectivity index is 1.57. The van der Waals surface area contributed by atoms with Crippen molar-refractivity contribution in [1.29, 1.82) is 0 Å². The Kier molecular flexibility index (Phi) is 12.5. The highest BCUT2D eigenvalue weighted by Gasteiger charge is 2.54. The van der Waals surface area contributed by atoms with Crippen LogP contribution in [0.25, 0.3) is 10.4 Å². The number of halogens is 2. The van der Waals surface area contributed by atoms with Gasteiger partial charge >= 0.3 is 0 Å². The highest BCUT2D eigenvalue weighted by Crippen LogP contribution is 2.46. The number of carbonyl (C=O) groups excluding carboxylic acids is 1. The van der Waals surface area contributed by atoms with Crippen molar-refractivity contribution < 1.29 is 33.6 Å². The maximum atomic E-state index is 14.7. The molecule has 0 radical (unpaired) electrons. The molecule has 13 nitrogen and oxygen atoms in total. The van der Waals surface area contributed by atoms with Gasteiger partial charge < -0.3 is 28.8 Å². The molecular formula is C36H36Cl2N6O7. The molecule has 2 atom stereocenters. The molecule has 0 saturated carbocycles. The lowest BCUT2D eigenvalue weighted by molar-refractivity contribution is -0.130. The molecule has 0 unspecified atom stereocenters. The molecule has 5 rings (SSSR count). The molecule has 0 aliphatic carbocycles. The van der Waals surface area contributed by atoms with Crippen LogP contribution in [0.15, 0.2) is 89.0 Å². The lowest BCUT2D eigenvalue weighted by atomic mass is 9.81. The van der Waals surface area contributed by atoms with Crippen LogP contribution >= 0.6 is 23.2 Å². The standard InChI is InChI=1S/C36H36Cl2N6O7/c1-47-30-17-22(18-31(48-2)32(30)49-3)21-40-43-35(46)36(20-24-7-4-5-8-29(24)42-44-39)33(27-14-11-25(37)19-28(27)38)51-34(41-36)23-9-12-26(13-10-23)50-16-6-15-45/h4-5,7-14,17-19,33,40,45H,6,15-16,20-21H2,1-3H3,(H,43,46)/t33-,36-/m0/s1. The van der Waals surface area contributed by atoms with Gasteiger partial charge in [0.2, 0.25) is 11.6 Å². The number of benzene rings is 4. The van der Waals surface area contributed by atoms with Gasteiger partial charge in [0.05, 0.1) is 27.9 Å². The molecule has 3 N–H and O–H groups in total. The number of nitrogens with zero attached hydrogens (tertiary/aromatic N) is 4. The number of carbonyl (C=O) groups is 1. The number of nitrogens with one attached hydrogen (secondary N) is 2. The van der Waals surface area contributed by atoms with Gasteiger partial charge in [-0.1, -0.05) is 58.6 Å². The number of methoxy groups -OCH3 is 3. The van der Waals surface area contributed by atoms with Crippen LogP contribution in [-0.2, 0) is 22.5 Å². The lowest BCUT2D eigenvalue weighted by Crippen LogP contribution is -2.53. The molecule has 0 spiro atoms. The first-order chi connectivity index (χ1) is 24.8. The minimum Gasteiger partial charge on any atom is -0.494 e. The summed E-state index contributed by atoms with van der Waals surface area (Å²) >= 11 is 13.0. The number of hydrogen-bond acceptors (Lipinski definition) is 10. The summed E-state index contributed by atoms with van der Waals surface area (Å²) in [5.41, 5.74) is 16.1. The molecule has 1 amide bonds. The molecule has 1 aliphatic rings. The van der Waals surface area contributed by atoms with Crippen LogP contribution in [-0.4, -0.2) is 57.0 Å². The molecule has 51 heavy (non-hydrogen) atoms. The van der Waals surface area contributed by atoms with E-state index in [1.807, 2.05) is 0 Å². The molecule has 0 aromatic heterocycles. The summed E-state index contributed by atoms with van der Waals surface area (Å²) in [5.74, 6) is 1.54. The minimum atomic E-state index is -1.69. The van der Waals surface area contributed by atoms with Gasteiger partial charge in [0.1, 0.15) is 5.75 Å². The van der Waals surface area contributed by atoms with Crippen LogP contribution in [0.2, 0.25) is 10.0 Å². The van der Waals surface area contributed by atoms with E-state index >= 15 is 0 Å². The summed E-state index contributed by atoms with van der Waals surface area (Å²) in [6.07, 6.45) is -0.612. The maximum absolute atomic E-state index is 14.7. The number of amides is 1. The van der Waals surface area contributed by atoms with Crippen LogP contribution in [0.4, 0.5) is 5.69 Å². The van der Waals surface area contributed by atoms with E-state index in [0.29, 0.717) is 63.4 Å². The van der Waals surface area contributed by atoms with Gasteiger partial charge in [-0.2, -0.15) is 0 Å². The zero-order chi connectivity index (χ0) is 36.4. The quantitative estimate of drug-likeness (QED) is 0.0362. The fourth-order valence-corrected chi connectivity index (χ4v) is 6.15. The Labute approximate surface area is 304 Å². The molecule has 0 bridgehead atoms. The van der Waals surface area contributed by atoms with Gasteiger partial charge in [0.25, 0.3) is 5.91 Å². The van der Waals surface area contributed by atoms with Gasteiger partial charge in [0, 0.05) is 57.8 Å². The Morgan fingerprint density at radius 2 is 1.75 bits per heavy atom. The molecule has 1 aliphatic heterocycles. The van der Waals surface area contributed by atoms with Gasteiger partial charge in [-0.25, -0.2) is 10.4 Å². The summed E-state index contributed by atoms with van der Waals surface area (Å²) in [6, 6.07) is 22.4. The van der Waals surface area contributed by atoms with Gasteiger partial charge in [0.15, 0.2) is 23.1 Å². The number of rotatable bonds is 16. The van der Waals surface area contributed by atoms with Crippen molar-refractivity contribution in [3.05, 3.63) is 122 Å². The van der Waals surface area contributed by atoms with E-state index in [2.05, 4.69) is 20.9 Å². The zero-order valence-electron chi connectivity index (χ0n) is 28.1. The fraction of sp³-hybridized carbons (Fsp3) is 0.278. The van der Waals surface area contributed by atoms with E-state index in [-0.39, 0.29) is 30.5 Å². The number of aliphatic hydroxyl groups is 1. The molecule has 0 fully saturated rings. The summed E-state index contributed by atoms with van der Waals surface area (Å²) in [6.45, 7) is 0.526. The Morgan fingerprint density at radius 1 is 1.02 bits per heavy atom. The van der Waals surface area contributed by atoms with E-state index < -0.39 is 17.6 Å². The van der Waals surface area contributed by atoms with Crippen LogP contribution in [0.1, 0.15) is 34.8 Å². The van der Waals surface area contributed by atoms with Crippen molar-refractivity contribution >= 4 is 40.7 Å². The third-order valence-corrected chi connectivity index (χ3v) is 8.66. The number of hydrazine groups is 1. The predicted octanol–water partition coefficient (Wildman–Crippen LogP) is 7.04. The Morgan fingerprint density at radius 3 is 2.39 bits per heavy atom. The lowest BCUT2D eigenvalue weighted by Gasteiger charge is -2.31. The fourth-order valence-electron chi connectivity index (χ4n) is 5.64. The second-order valence-corrected chi connectivity index (χ2v) is 12.1. The van der Waals surface area contributed by atoms with Crippen molar-refractivity contribution in [2.45, 2.75) is 31.0 Å². The largest absolute Gasteiger partial charge is 0.494 e. The number of aliphatic hydroxyl groups excluding tert-OH is 1. The first-order valence-corrected chi connectivity index (χ1v) is 16.5. The summed E-state index contributed by atoms with van der Waals surface area (Å²) in [5, 5.41) is 13.6. The number of aliphatic imine (C=N–C) groups is 1. The molecule has 0 saturated heterocycles. The zero-order valence-corrected chi connectivity index (χ0v) is 29.6. The normalized spacial score (nSPS) is 16.4. The van der Waals surface area contributed by atoms with E-state index in [4.69, 9.17) is 57.0 Å². The third kappa shape index (κ3) is 8.42.